The molecular formula is C21H26ClIN4O2. The summed E-state index contributed by atoms with van der Waals surface area (Å²) < 4.78 is 5.83. The summed E-state index contributed by atoms with van der Waals surface area (Å²) in [6.07, 6.45) is 1.27. The zero-order chi connectivity index (χ0) is 19.8. The highest BCUT2D eigenvalue weighted by molar-refractivity contribution is 14.0. The van der Waals surface area contributed by atoms with E-state index in [1.807, 2.05) is 49.4 Å². The maximum absolute atomic E-state index is 11.4. The fourth-order valence-corrected chi connectivity index (χ4v) is 3.02. The van der Waals surface area contributed by atoms with Gasteiger partial charge in [0.2, 0.25) is 5.91 Å². The fourth-order valence-electron chi connectivity index (χ4n) is 2.89. The molecule has 0 fully saturated rings. The number of amides is 1. The van der Waals surface area contributed by atoms with Gasteiger partial charge >= 0.3 is 0 Å². The number of guanidine groups is 1. The van der Waals surface area contributed by atoms with Crippen molar-refractivity contribution in [3.63, 3.8) is 0 Å². The molecule has 0 saturated heterocycles. The summed E-state index contributed by atoms with van der Waals surface area (Å²) in [4.78, 5) is 16.0. The molecule has 6 nitrogen and oxygen atoms in total. The smallest absolute Gasteiger partial charge is 0.224 e. The van der Waals surface area contributed by atoms with Crippen molar-refractivity contribution in [2.24, 2.45) is 4.99 Å². The molecule has 0 bridgehead atoms. The molecule has 2 aromatic rings. The maximum atomic E-state index is 11.4. The van der Waals surface area contributed by atoms with Crippen LogP contribution in [0.25, 0.3) is 0 Å². The van der Waals surface area contributed by atoms with Crippen LogP contribution < -0.4 is 20.7 Å². The SMILES string of the molecule is CCNC(=NCc1ccc(Cl)cc1)NCCOc1ccc2c(c1)CCC(=O)N2.I. The lowest BCUT2D eigenvalue weighted by atomic mass is 10.0. The molecule has 0 aromatic heterocycles. The molecule has 8 heteroatoms. The minimum Gasteiger partial charge on any atom is -0.492 e. The number of hydrogen-bond donors (Lipinski definition) is 3. The van der Waals surface area contributed by atoms with Crippen molar-refractivity contribution in [2.45, 2.75) is 26.3 Å². The van der Waals surface area contributed by atoms with Gasteiger partial charge in [-0.15, -0.1) is 24.0 Å². The van der Waals surface area contributed by atoms with Gasteiger partial charge in [0, 0.05) is 23.7 Å². The first-order chi connectivity index (χ1) is 13.6. The quantitative estimate of drug-likeness (QED) is 0.220. The molecule has 2 aromatic carbocycles. The third-order valence-corrected chi connectivity index (χ3v) is 4.56. The number of hydrogen-bond acceptors (Lipinski definition) is 3. The van der Waals surface area contributed by atoms with Crippen molar-refractivity contribution < 1.29 is 9.53 Å². The van der Waals surface area contributed by atoms with E-state index < -0.39 is 0 Å². The first-order valence-corrected chi connectivity index (χ1v) is 9.84. The van der Waals surface area contributed by atoms with E-state index in [-0.39, 0.29) is 29.9 Å². The van der Waals surface area contributed by atoms with Crippen LogP contribution in [0.5, 0.6) is 5.75 Å². The van der Waals surface area contributed by atoms with Crippen molar-refractivity contribution in [1.82, 2.24) is 10.6 Å². The molecule has 29 heavy (non-hydrogen) atoms. The van der Waals surface area contributed by atoms with E-state index in [9.17, 15) is 4.79 Å². The van der Waals surface area contributed by atoms with Gasteiger partial charge in [-0.1, -0.05) is 23.7 Å². The second kappa shape index (κ2) is 11.9. The van der Waals surface area contributed by atoms with Crippen molar-refractivity contribution in [3.05, 3.63) is 58.6 Å². The Bertz CT molecular complexity index is 843. The van der Waals surface area contributed by atoms with Crippen LogP contribution in [-0.2, 0) is 17.8 Å². The van der Waals surface area contributed by atoms with Crippen LogP contribution in [0.2, 0.25) is 5.02 Å². The third kappa shape index (κ3) is 7.40. The molecule has 0 saturated carbocycles. The Kier molecular flexibility index (Phi) is 9.53. The van der Waals surface area contributed by atoms with Crippen LogP contribution in [-0.4, -0.2) is 31.6 Å². The molecule has 0 radical (unpaired) electrons. The highest BCUT2D eigenvalue weighted by atomic mass is 127. The lowest BCUT2D eigenvalue weighted by molar-refractivity contribution is -0.116. The van der Waals surface area contributed by atoms with Crippen molar-refractivity contribution in [1.29, 1.82) is 0 Å². The standard InChI is InChI=1S/C21H25ClN4O2.HI/c1-2-23-21(25-14-15-3-6-17(22)7-4-15)24-11-12-28-18-8-9-19-16(13-18)5-10-20(27)26-19;/h3-4,6-9,13H,2,5,10-12,14H2,1H3,(H,26,27)(H2,23,24,25);1H. The molecule has 0 unspecified atom stereocenters. The summed E-state index contributed by atoms with van der Waals surface area (Å²) in [7, 11) is 0. The van der Waals surface area contributed by atoms with E-state index >= 15 is 0 Å². The van der Waals surface area contributed by atoms with Gasteiger partial charge < -0.3 is 20.7 Å². The molecule has 0 atom stereocenters. The number of benzene rings is 2. The molecule has 1 aliphatic rings. The Morgan fingerprint density at radius 1 is 1.17 bits per heavy atom. The number of nitrogens with zero attached hydrogens (tertiary/aromatic N) is 1. The van der Waals surface area contributed by atoms with Gasteiger partial charge in [-0.05, 0) is 54.8 Å². The van der Waals surface area contributed by atoms with Crippen molar-refractivity contribution in [2.75, 3.05) is 25.0 Å². The van der Waals surface area contributed by atoms with Gasteiger partial charge in [-0.3, -0.25) is 4.79 Å². The first kappa shape index (κ1) is 23.3. The summed E-state index contributed by atoms with van der Waals surface area (Å²) in [5, 5.41) is 10.1. The minimum atomic E-state index is 0. The fraction of sp³-hybridized carbons (Fsp3) is 0.333. The number of nitrogens with one attached hydrogen (secondary N) is 3. The van der Waals surface area contributed by atoms with E-state index in [1.165, 1.54) is 0 Å². The second-order valence-electron chi connectivity index (χ2n) is 6.46. The molecule has 0 spiro atoms. The molecule has 156 valence electrons. The lowest BCUT2D eigenvalue weighted by Gasteiger charge is -2.18. The summed E-state index contributed by atoms with van der Waals surface area (Å²) in [5.41, 5.74) is 3.09. The van der Waals surface area contributed by atoms with Gasteiger partial charge in [0.15, 0.2) is 5.96 Å². The van der Waals surface area contributed by atoms with Crippen LogP contribution in [0.4, 0.5) is 5.69 Å². The number of anilines is 1. The Morgan fingerprint density at radius 3 is 2.72 bits per heavy atom. The lowest BCUT2D eigenvalue weighted by Crippen LogP contribution is -2.39. The Hall–Kier alpha value is -2.00. The topological polar surface area (TPSA) is 74.8 Å². The average molecular weight is 529 g/mol. The van der Waals surface area contributed by atoms with E-state index in [1.54, 1.807) is 0 Å². The Morgan fingerprint density at radius 2 is 1.97 bits per heavy atom. The summed E-state index contributed by atoms with van der Waals surface area (Å²) >= 11 is 5.91. The van der Waals surface area contributed by atoms with Gasteiger partial charge in [0.25, 0.3) is 0 Å². The van der Waals surface area contributed by atoms with Crippen LogP contribution in [0.15, 0.2) is 47.5 Å². The van der Waals surface area contributed by atoms with Gasteiger partial charge in [-0.25, -0.2) is 4.99 Å². The third-order valence-electron chi connectivity index (χ3n) is 4.31. The number of aryl methyl sites for hydroxylation is 1. The Labute approximate surface area is 193 Å². The first-order valence-electron chi connectivity index (χ1n) is 9.46. The average Bonchev–Trinajstić information content (AvgIpc) is 2.70. The van der Waals surface area contributed by atoms with E-state index in [4.69, 9.17) is 16.3 Å². The number of carbonyl (C=O) groups is 1. The van der Waals surface area contributed by atoms with Crippen LogP contribution >= 0.6 is 35.6 Å². The number of aliphatic imine (C=N–C) groups is 1. The van der Waals surface area contributed by atoms with E-state index in [0.717, 1.165) is 46.5 Å². The number of ether oxygens (including phenoxy) is 1. The van der Waals surface area contributed by atoms with E-state index in [0.29, 0.717) is 26.1 Å². The maximum Gasteiger partial charge on any atom is 0.224 e. The number of fused-ring (bicyclic) bond motifs is 1. The van der Waals surface area contributed by atoms with Gasteiger partial charge in [0.05, 0.1) is 13.1 Å². The highest BCUT2D eigenvalue weighted by Crippen LogP contribution is 2.26. The minimum absolute atomic E-state index is 0. The molecule has 1 aliphatic heterocycles. The van der Waals surface area contributed by atoms with Crippen LogP contribution in [0.3, 0.4) is 0 Å². The number of rotatable bonds is 7. The number of carbonyl (C=O) groups excluding carboxylic acids is 1. The predicted octanol–water partition coefficient (Wildman–Crippen LogP) is 3.98. The van der Waals surface area contributed by atoms with Gasteiger partial charge in [0.1, 0.15) is 12.4 Å². The van der Waals surface area contributed by atoms with Crippen LogP contribution in [0, 0.1) is 0 Å². The zero-order valence-electron chi connectivity index (χ0n) is 16.3. The monoisotopic (exact) mass is 528 g/mol. The summed E-state index contributed by atoms with van der Waals surface area (Å²) in [5.74, 6) is 1.62. The zero-order valence-corrected chi connectivity index (χ0v) is 19.4. The number of halogens is 2. The summed E-state index contributed by atoms with van der Waals surface area (Å²) in [6.45, 7) is 4.52. The predicted molar refractivity (Wildman–Crippen MR) is 129 cm³/mol. The largest absolute Gasteiger partial charge is 0.492 e. The molecule has 1 amide bonds. The molecule has 3 rings (SSSR count). The van der Waals surface area contributed by atoms with E-state index in [2.05, 4.69) is 20.9 Å². The van der Waals surface area contributed by atoms with Crippen molar-refractivity contribution >= 4 is 53.1 Å². The second-order valence-corrected chi connectivity index (χ2v) is 6.90. The van der Waals surface area contributed by atoms with Gasteiger partial charge in [-0.2, -0.15) is 0 Å². The molecule has 1 heterocycles. The van der Waals surface area contributed by atoms with Crippen LogP contribution in [0.1, 0.15) is 24.5 Å². The highest BCUT2D eigenvalue weighted by Gasteiger charge is 2.14. The molecule has 3 N–H and O–H groups in total. The summed E-state index contributed by atoms with van der Waals surface area (Å²) in [6, 6.07) is 13.4. The Balaban J connectivity index is 0.00000300. The molecule has 0 aliphatic carbocycles. The van der Waals surface area contributed by atoms with Crippen molar-refractivity contribution in [3.8, 4) is 5.75 Å². The molecular weight excluding hydrogens is 503 g/mol. The normalized spacial score (nSPS) is 13.0.